The maximum Gasteiger partial charge on any atom is 0.118 e. The van der Waals surface area contributed by atoms with Crippen LogP contribution in [0.15, 0.2) is 122 Å². The molecule has 37 heavy (non-hydrogen) atoms. The summed E-state index contributed by atoms with van der Waals surface area (Å²) in [7, 11) is 2.08. The average molecular weight is 481 g/mol. The molecule has 1 aliphatic carbocycles. The summed E-state index contributed by atoms with van der Waals surface area (Å²) in [6.07, 6.45) is 6.27. The molecule has 2 aromatic heterocycles. The first-order chi connectivity index (χ1) is 18.1. The fourth-order valence-corrected chi connectivity index (χ4v) is 5.13. The fraction of sp³-hybridized carbons (Fsp3) is 0.0857. The molecule has 2 heteroatoms. The van der Waals surface area contributed by atoms with Gasteiger partial charge in [-0.15, -0.1) is 0 Å². The standard InChI is InChI=1S/C18H16.C11H10N2.C6H6/c1-4-7-14-12(2)10-11-17-16-9-6-5-8-15(16)13(3)18(14)17;1-13-10-5-3-2-4-8(10)9-6-7-12-11(9)13;1-2-4-6-5-3-1/h4-11H,3H2,1-2H3;2-7,12H,1H3;1-6H/b7-4-;;. The molecule has 0 bridgehead atoms. The van der Waals surface area contributed by atoms with Gasteiger partial charge in [-0.3, -0.25) is 0 Å². The summed E-state index contributed by atoms with van der Waals surface area (Å²) >= 11 is 0. The van der Waals surface area contributed by atoms with Gasteiger partial charge in [-0.2, -0.15) is 0 Å². The number of hydrogen-bond donors (Lipinski definition) is 1. The highest BCUT2D eigenvalue weighted by atomic mass is 15.0. The van der Waals surface area contributed by atoms with Crippen LogP contribution in [0.25, 0.3) is 44.7 Å². The first kappa shape index (κ1) is 24.1. The topological polar surface area (TPSA) is 20.7 Å². The molecule has 1 aliphatic rings. The number of nitrogens with one attached hydrogen (secondary N) is 1. The summed E-state index contributed by atoms with van der Waals surface area (Å²) in [5, 5.41) is 2.62. The number of para-hydroxylation sites is 1. The van der Waals surface area contributed by atoms with E-state index in [0.29, 0.717) is 0 Å². The quantitative estimate of drug-likeness (QED) is 0.242. The molecule has 0 aliphatic heterocycles. The highest BCUT2D eigenvalue weighted by Gasteiger charge is 2.24. The van der Waals surface area contributed by atoms with E-state index in [0.717, 1.165) is 5.57 Å². The van der Waals surface area contributed by atoms with Crippen molar-refractivity contribution >= 4 is 33.6 Å². The van der Waals surface area contributed by atoms with Crippen LogP contribution in [0.1, 0.15) is 29.2 Å². The lowest BCUT2D eigenvalue weighted by Gasteiger charge is -2.09. The number of rotatable bonds is 1. The van der Waals surface area contributed by atoms with Crippen molar-refractivity contribution < 1.29 is 0 Å². The van der Waals surface area contributed by atoms with Crippen molar-refractivity contribution in [3.05, 3.63) is 144 Å². The molecule has 7 rings (SSSR count). The smallest absolute Gasteiger partial charge is 0.118 e. The molecule has 0 saturated heterocycles. The maximum atomic E-state index is 4.29. The molecule has 0 fully saturated rings. The molecule has 0 radical (unpaired) electrons. The van der Waals surface area contributed by atoms with Gasteiger partial charge in [-0.25, -0.2) is 0 Å². The summed E-state index contributed by atoms with van der Waals surface area (Å²) in [5.41, 5.74) is 11.4. The summed E-state index contributed by atoms with van der Waals surface area (Å²) < 4.78 is 2.19. The molecule has 1 N–H and O–H groups in total. The minimum atomic E-state index is 1.15. The van der Waals surface area contributed by atoms with Crippen LogP contribution in [0, 0.1) is 6.92 Å². The van der Waals surface area contributed by atoms with Gasteiger partial charge in [0.2, 0.25) is 0 Å². The van der Waals surface area contributed by atoms with Crippen molar-refractivity contribution in [3.63, 3.8) is 0 Å². The van der Waals surface area contributed by atoms with Crippen LogP contribution in [0.3, 0.4) is 0 Å². The molecule has 0 atom stereocenters. The minimum Gasteiger partial charge on any atom is -0.348 e. The normalized spacial score (nSPS) is 11.6. The lowest BCUT2D eigenvalue weighted by atomic mass is 9.95. The zero-order valence-electron chi connectivity index (χ0n) is 21.7. The third-order valence-electron chi connectivity index (χ3n) is 6.92. The van der Waals surface area contributed by atoms with Crippen molar-refractivity contribution in [2.24, 2.45) is 7.05 Å². The number of aromatic amines is 1. The van der Waals surface area contributed by atoms with E-state index in [-0.39, 0.29) is 0 Å². The van der Waals surface area contributed by atoms with E-state index in [1.807, 2.05) is 42.6 Å². The van der Waals surface area contributed by atoms with Crippen LogP contribution in [-0.2, 0) is 7.05 Å². The van der Waals surface area contributed by atoms with Crippen molar-refractivity contribution in [1.82, 2.24) is 9.55 Å². The Hall–Kier alpha value is -4.56. The summed E-state index contributed by atoms with van der Waals surface area (Å²) in [6, 6.07) is 35.5. The molecular weight excluding hydrogens is 448 g/mol. The van der Waals surface area contributed by atoms with Crippen LogP contribution in [0.5, 0.6) is 0 Å². The van der Waals surface area contributed by atoms with E-state index >= 15 is 0 Å². The second-order valence-electron chi connectivity index (χ2n) is 9.21. The number of hydrogen-bond acceptors (Lipinski definition) is 0. The molecule has 0 saturated carbocycles. The predicted octanol–water partition coefficient (Wildman–Crippen LogP) is 9.42. The third kappa shape index (κ3) is 4.54. The highest BCUT2D eigenvalue weighted by Crippen LogP contribution is 2.45. The van der Waals surface area contributed by atoms with Crippen LogP contribution >= 0.6 is 0 Å². The highest BCUT2D eigenvalue weighted by molar-refractivity contribution is 6.07. The Labute approximate surface area is 219 Å². The minimum absolute atomic E-state index is 1.15. The van der Waals surface area contributed by atoms with Gasteiger partial charge in [0.25, 0.3) is 0 Å². The van der Waals surface area contributed by atoms with Crippen molar-refractivity contribution in [1.29, 1.82) is 0 Å². The van der Waals surface area contributed by atoms with E-state index in [2.05, 4.69) is 116 Å². The average Bonchev–Trinajstić information content (AvgIpc) is 3.62. The van der Waals surface area contributed by atoms with Crippen molar-refractivity contribution in [3.8, 4) is 11.1 Å². The second-order valence-corrected chi connectivity index (χ2v) is 9.21. The molecular formula is C35H32N2. The summed E-state index contributed by atoms with van der Waals surface area (Å²) in [6.45, 7) is 8.50. The Kier molecular flexibility index (Phi) is 6.91. The molecule has 6 aromatic rings. The lowest BCUT2D eigenvalue weighted by Crippen LogP contribution is -1.89. The summed E-state index contributed by atoms with van der Waals surface area (Å²) in [5.74, 6) is 0. The number of benzene rings is 4. The molecule has 2 heterocycles. The first-order valence-corrected chi connectivity index (χ1v) is 12.7. The van der Waals surface area contributed by atoms with E-state index in [9.17, 15) is 0 Å². The number of allylic oxidation sites excluding steroid dienone is 1. The SMILES string of the molecule is C=C1c2ccccc2-c2ccc(C)c(/C=C\C)c21.Cn1c2ccccc2c2cc[nH]c21.c1ccccc1. The van der Waals surface area contributed by atoms with Crippen molar-refractivity contribution in [2.45, 2.75) is 13.8 Å². The van der Waals surface area contributed by atoms with Crippen LogP contribution in [0.4, 0.5) is 0 Å². The molecule has 182 valence electrons. The van der Waals surface area contributed by atoms with Gasteiger partial charge in [0, 0.05) is 29.5 Å². The molecule has 2 nitrogen and oxygen atoms in total. The Morgan fingerprint density at radius 3 is 2.05 bits per heavy atom. The van der Waals surface area contributed by atoms with Crippen molar-refractivity contribution in [2.75, 3.05) is 0 Å². The van der Waals surface area contributed by atoms with E-state index in [4.69, 9.17) is 0 Å². The van der Waals surface area contributed by atoms with Gasteiger partial charge >= 0.3 is 0 Å². The second kappa shape index (κ2) is 10.6. The summed E-state index contributed by atoms with van der Waals surface area (Å²) in [4.78, 5) is 3.24. The predicted molar refractivity (Wildman–Crippen MR) is 161 cm³/mol. The Bertz CT molecular complexity index is 1680. The van der Waals surface area contributed by atoms with E-state index in [1.54, 1.807) is 0 Å². The van der Waals surface area contributed by atoms with E-state index < -0.39 is 0 Å². The third-order valence-corrected chi connectivity index (χ3v) is 6.92. The largest absolute Gasteiger partial charge is 0.348 e. The van der Waals surface area contributed by atoms with Crippen LogP contribution in [0.2, 0.25) is 0 Å². The molecule has 0 spiro atoms. The zero-order chi connectivity index (χ0) is 25.8. The maximum absolute atomic E-state index is 4.29. The monoisotopic (exact) mass is 480 g/mol. The van der Waals surface area contributed by atoms with Gasteiger partial charge < -0.3 is 9.55 Å². The lowest BCUT2D eigenvalue weighted by molar-refractivity contribution is 0.994. The van der Waals surface area contributed by atoms with Crippen LogP contribution in [-0.4, -0.2) is 9.55 Å². The molecule has 0 unspecified atom stereocenters. The number of aromatic nitrogens is 2. The number of H-pyrrole nitrogens is 1. The van der Waals surface area contributed by atoms with Gasteiger partial charge in [-0.1, -0.05) is 110 Å². The Morgan fingerprint density at radius 1 is 0.703 bits per heavy atom. The number of fused-ring (bicyclic) bond motifs is 6. The van der Waals surface area contributed by atoms with E-state index in [1.165, 1.54) is 55.3 Å². The molecule has 0 amide bonds. The van der Waals surface area contributed by atoms with Gasteiger partial charge in [0.1, 0.15) is 5.65 Å². The van der Waals surface area contributed by atoms with Crippen LogP contribution < -0.4 is 0 Å². The first-order valence-electron chi connectivity index (χ1n) is 12.7. The zero-order valence-corrected chi connectivity index (χ0v) is 21.7. The van der Waals surface area contributed by atoms with Gasteiger partial charge in [0.05, 0.1) is 0 Å². The Morgan fingerprint density at radius 2 is 1.35 bits per heavy atom. The number of aryl methyl sites for hydroxylation is 2. The van der Waals surface area contributed by atoms with Gasteiger partial charge in [0.15, 0.2) is 0 Å². The Balaban J connectivity index is 0.000000128. The van der Waals surface area contributed by atoms with Gasteiger partial charge in [-0.05, 0) is 64.9 Å². The fourth-order valence-electron chi connectivity index (χ4n) is 5.13. The molecule has 4 aromatic carbocycles. The number of nitrogens with zero attached hydrogens (tertiary/aromatic N) is 1.